The molecule has 5 heteroatoms. The van der Waals surface area contributed by atoms with Crippen molar-refractivity contribution in [2.75, 3.05) is 0 Å². The van der Waals surface area contributed by atoms with Crippen molar-refractivity contribution in [2.45, 2.75) is 6.92 Å². The lowest BCUT2D eigenvalue weighted by molar-refractivity contribution is 1.11. The van der Waals surface area contributed by atoms with Crippen molar-refractivity contribution in [3.8, 4) is 11.4 Å². The first-order valence-corrected chi connectivity index (χ1v) is 6.18. The normalized spacial score (nSPS) is 10.4. The van der Waals surface area contributed by atoms with E-state index >= 15 is 0 Å². The van der Waals surface area contributed by atoms with Crippen LogP contribution in [0.15, 0.2) is 38.1 Å². The largest absolute Gasteiger partial charge is 0.306 e. The van der Waals surface area contributed by atoms with Gasteiger partial charge in [-0.1, -0.05) is 22.0 Å². The number of rotatable bonds is 1. The molecule has 0 fully saturated rings. The molecule has 0 bridgehead atoms. The summed E-state index contributed by atoms with van der Waals surface area (Å²) in [5, 5.41) is 0. The summed E-state index contributed by atoms with van der Waals surface area (Å²) in [5.41, 5.74) is 1.82. The fourth-order valence-electron chi connectivity index (χ4n) is 1.32. The average Bonchev–Trinajstić information content (AvgIpc) is 2.26. The molecule has 0 aliphatic heterocycles. The number of aromatic nitrogens is 2. The standard InChI is InChI=1S/C11H8Br2N2O/c1-6-4-7(2-3-8(6)12)10-14-5-9(13)11(16)15-10/h2-5H,1H3,(H,14,15,16). The minimum atomic E-state index is -0.175. The predicted molar refractivity (Wildman–Crippen MR) is 70.4 cm³/mol. The van der Waals surface area contributed by atoms with E-state index in [1.807, 2.05) is 25.1 Å². The number of hydrogen-bond donors (Lipinski definition) is 1. The molecule has 0 radical (unpaired) electrons. The van der Waals surface area contributed by atoms with E-state index < -0.39 is 0 Å². The zero-order valence-corrected chi connectivity index (χ0v) is 11.6. The molecule has 0 unspecified atom stereocenters. The number of nitrogens with zero attached hydrogens (tertiary/aromatic N) is 1. The second kappa shape index (κ2) is 4.51. The molecule has 2 rings (SSSR count). The molecular formula is C11H8Br2N2O. The summed E-state index contributed by atoms with van der Waals surface area (Å²) in [6.45, 7) is 1.99. The average molecular weight is 344 g/mol. The SMILES string of the molecule is Cc1cc(-c2ncc(Br)c(=O)[nH]2)ccc1Br. The first-order chi connectivity index (χ1) is 7.58. The summed E-state index contributed by atoms with van der Waals surface area (Å²) in [7, 11) is 0. The van der Waals surface area contributed by atoms with Crippen LogP contribution in [0, 0.1) is 6.92 Å². The van der Waals surface area contributed by atoms with Gasteiger partial charge in [0.2, 0.25) is 0 Å². The molecule has 0 spiro atoms. The third kappa shape index (κ3) is 2.25. The Morgan fingerprint density at radius 1 is 1.25 bits per heavy atom. The van der Waals surface area contributed by atoms with E-state index in [4.69, 9.17) is 0 Å². The third-order valence-electron chi connectivity index (χ3n) is 2.19. The van der Waals surface area contributed by atoms with Crippen LogP contribution >= 0.6 is 31.9 Å². The molecule has 2 aromatic rings. The van der Waals surface area contributed by atoms with Crippen molar-refractivity contribution < 1.29 is 0 Å². The van der Waals surface area contributed by atoms with Crippen LogP contribution in [0.3, 0.4) is 0 Å². The van der Waals surface area contributed by atoms with Crippen LogP contribution in [0.25, 0.3) is 11.4 Å². The topological polar surface area (TPSA) is 45.8 Å². The van der Waals surface area contributed by atoms with Gasteiger partial charge in [0.25, 0.3) is 5.56 Å². The van der Waals surface area contributed by atoms with Crippen molar-refractivity contribution in [3.63, 3.8) is 0 Å². The minimum absolute atomic E-state index is 0.175. The van der Waals surface area contributed by atoms with Gasteiger partial charge in [0, 0.05) is 16.2 Å². The fraction of sp³-hybridized carbons (Fsp3) is 0.0909. The fourth-order valence-corrected chi connectivity index (χ4v) is 1.77. The Hall–Kier alpha value is -0.940. The molecule has 0 saturated carbocycles. The van der Waals surface area contributed by atoms with Gasteiger partial charge in [-0.3, -0.25) is 4.79 Å². The smallest absolute Gasteiger partial charge is 0.265 e. The molecule has 0 saturated heterocycles. The molecule has 1 aromatic heterocycles. The Labute approximate surface area is 109 Å². The van der Waals surface area contributed by atoms with Gasteiger partial charge in [-0.25, -0.2) is 4.98 Å². The van der Waals surface area contributed by atoms with E-state index in [0.29, 0.717) is 10.3 Å². The number of aryl methyl sites for hydroxylation is 1. The van der Waals surface area contributed by atoms with E-state index in [9.17, 15) is 4.79 Å². The highest BCUT2D eigenvalue weighted by molar-refractivity contribution is 9.10. The summed E-state index contributed by atoms with van der Waals surface area (Å²) in [6, 6.07) is 5.81. The number of H-pyrrole nitrogens is 1. The summed E-state index contributed by atoms with van der Waals surface area (Å²) in [5.74, 6) is 0.573. The molecule has 1 N–H and O–H groups in total. The van der Waals surface area contributed by atoms with Crippen molar-refractivity contribution in [3.05, 3.63) is 49.3 Å². The molecular weight excluding hydrogens is 336 g/mol. The number of benzene rings is 1. The summed E-state index contributed by atoms with van der Waals surface area (Å²) < 4.78 is 1.47. The monoisotopic (exact) mass is 342 g/mol. The van der Waals surface area contributed by atoms with Crippen LogP contribution in [0.4, 0.5) is 0 Å². The summed E-state index contributed by atoms with van der Waals surface area (Å²) in [6.07, 6.45) is 1.51. The Bertz CT molecular complexity index is 593. The second-order valence-electron chi connectivity index (χ2n) is 3.37. The Balaban J connectivity index is 2.55. The first kappa shape index (κ1) is 11.5. The van der Waals surface area contributed by atoms with E-state index in [1.54, 1.807) is 0 Å². The van der Waals surface area contributed by atoms with Crippen molar-refractivity contribution >= 4 is 31.9 Å². The van der Waals surface area contributed by atoms with Gasteiger partial charge in [-0.15, -0.1) is 0 Å². The van der Waals surface area contributed by atoms with Gasteiger partial charge in [0.05, 0.1) is 0 Å². The van der Waals surface area contributed by atoms with Gasteiger partial charge in [-0.05, 0) is 40.5 Å². The van der Waals surface area contributed by atoms with Gasteiger partial charge < -0.3 is 4.98 Å². The quantitative estimate of drug-likeness (QED) is 0.863. The third-order valence-corrected chi connectivity index (χ3v) is 3.64. The lowest BCUT2D eigenvalue weighted by atomic mass is 10.1. The molecule has 16 heavy (non-hydrogen) atoms. The Morgan fingerprint density at radius 2 is 2.00 bits per heavy atom. The van der Waals surface area contributed by atoms with Crippen molar-refractivity contribution in [1.29, 1.82) is 0 Å². The molecule has 1 aromatic carbocycles. The maximum atomic E-state index is 11.4. The van der Waals surface area contributed by atoms with Gasteiger partial charge in [0.15, 0.2) is 0 Å². The zero-order valence-electron chi connectivity index (χ0n) is 8.42. The first-order valence-electron chi connectivity index (χ1n) is 4.59. The van der Waals surface area contributed by atoms with Crippen LogP contribution in [0.2, 0.25) is 0 Å². The summed E-state index contributed by atoms with van der Waals surface area (Å²) in [4.78, 5) is 18.3. The minimum Gasteiger partial charge on any atom is -0.306 e. The molecule has 1 heterocycles. The maximum Gasteiger partial charge on any atom is 0.265 e. The zero-order chi connectivity index (χ0) is 11.7. The lowest BCUT2D eigenvalue weighted by Gasteiger charge is -2.03. The van der Waals surface area contributed by atoms with Gasteiger partial charge in [0.1, 0.15) is 10.3 Å². The van der Waals surface area contributed by atoms with Crippen molar-refractivity contribution in [1.82, 2.24) is 9.97 Å². The molecule has 0 atom stereocenters. The highest BCUT2D eigenvalue weighted by atomic mass is 79.9. The summed E-state index contributed by atoms with van der Waals surface area (Å²) >= 11 is 6.54. The van der Waals surface area contributed by atoms with E-state index in [1.165, 1.54) is 6.20 Å². The highest BCUT2D eigenvalue weighted by Crippen LogP contribution is 2.22. The van der Waals surface area contributed by atoms with Gasteiger partial charge in [-0.2, -0.15) is 0 Å². The number of halogens is 2. The van der Waals surface area contributed by atoms with Crippen LogP contribution in [-0.4, -0.2) is 9.97 Å². The van der Waals surface area contributed by atoms with Crippen LogP contribution in [0.5, 0.6) is 0 Å². The molecule has 3 nitrogen and oxygen atoms in total. The Kier molecular flexibility index (Phi) is 3.25. The van der Waals surface area contributed by atoms with Crippen LogP contribution < -0.4 is 5.56 Å². The molecule has 0 aliphatic carbocycles. The maximum absolute atomic E-state index is 11.4. The van der Waals surface area contributed by atoms with Crippen LogP contribution in [-0.2, 0) is 0 Å². The van der Waals surface area contributed by atoms with Crippen LogP contribution in [0.1, 0.15) is 5.56 Å². The number of aromatic amines is 1. The highest BCUT2D eigenvalue weighted by Gasteiger charge is 2.04. The van der Waals surface area contributed by atoms with E-state index in [2.05, 4.69) is 41.8 Å². The van der Waals surface area contributed by atoms with E-state index in [-0.39, 0.29) is 5.56 Å². The second-order valence-corrected chi connectivity index (χ2v) is 5.08. The van der Waals surface area contributed by atoms with Gasteiger partial charge >= 0.3 is 0 Å². The van der Waals surface area contributed by atoms with E-state index in [0.717, 1.165) is 15.6 Å². The Morgan fingerprint density at radius 3 is 2.62 bits per heavy atom. The van der Waals surface area contributed by atoms with Crippen molar-refractivity contribution in [2.24, 2.45) is 0 Å². The molecule has 0 amide bonds. The lowest BCUT2D eigenvalue weighted by Crippen LogP contribution is -2.08. The predicted octanol–water partition coefficient (Wildman–Crippen LogP) is 3.27. The molecule has 0 aliphatic rings. The number of nitrogens with one attached hydrogen (secondary N) is 1. The number of hydrogen-bond acceptors (Lipinski definition) is 2. The molecule has 82 valence electrons.